The van der Waals surface area contributed by atoms with Gasteiger partial charge in [0, 0.05) is 24.7 Å². The maximum atomic E-state index is 13.2. The molecule has 1 aliphatic rings. The summed E-state index contributed by atoms with van der Waals surface area (Å²) in [5.74, 6) is -0.611. The number of nitrogens with zero attached hydrogens (tertiary/aromatic N) is 5. The lowest BCUT2D eigenvalue weighted by atomic mass is 10.0. The first-order valence-corrected chi connectivity index (χ1v) is 9.53. The molecule has 0 saturated carbocycles. The summed E-state index contributed by atoms with van der Waals surface area (Å²) in [5.41, 5.74) is 13.7. The average Bonchev–Trinajstić information content (AvgIpc) is 2.74. The Bertz CT molecular complexity index is 1110. The number of halogens is 2. The Morgan fingerprint density at radius 2 is 2.03 bits per heavy atom. The number of aromatic nitrogens is 4. The molecule has 0 bridgehead atoms. The molecular weight excluding hydrogens is 411 g/mol. The molecule has 2 aromatic heterocycles. The Balaban J connectivity index is 1.56. The SMILES string of the molecule is CN1CCCc2c(NNC(=O)c3nc(-c4ccc(F)cc4)cnc3N)nnc(Cl)c21. The number of anilines is 3. The third-order valence-electron chi connectivity index (χ3n) is 4.76. The molecule has 0 radical (unpaired) electrons. The van der Waals surface area contributed by atoms with Crippen LogP contribution in [0.1, 0.15) is 22.5 Å². The highest BCUT2D eigenvalue weighted by Gasteiger charge is 2.23. The van der Waals surface area contributed by atoms with Gasteiger partial charge in [-0.15, -0.1) is 10.2 Å². The van der Waals surface area contributed by atoms with Crippen LogP contribution in [0.3, 0.4) is 0 Å². The molecule has 0 fully saturated rings. The van der Waals surface area contributed by atoms with Gasteiger partial charge in [0.25, 0.3) is 5.91 Å². The predicted molar refractivity (Wildman–Crippen MR) is 112 cm³/mol. The number of fused-ring (bicyclic) bond motifs is 1. The van der Waals surface area contributed by atoms with Crippen molar-refractivity contribution in [1.82, 2.24) is 25.6 Å². The Morgan fingerprint density at radius 1 is 1.27 bits per heavy atom. The first-order valence-electron chi connectivity index (χ1n) is 9.15. The maximum Gasteiger partial charge on any atom is 0.292 e. The first kappa shape index (κ1) is 19.8. The van der Waals surface area contributed by atoms with Crippen molar-refractivity contribution in [2.24, 2.45) is 0 Å². The van der Waals surface area contributed by atoms with Crippen molar-refractivity contribution < 1.29 is 9.18 Å². The topological polar surface area (TPSA) is 122 Å². The van der Waals surface area contributed by atoms with Crippen molar-refractivity contribution in [3.8, 4) is 11.3 Å². The van der Waals surface area contributed by atoms with Gasteiger partial charge in [0.1, 0.15) is 5.82 Å². The molecule has 4 N–H and O–H groups in total. The van der Waals surface area contributed by atoms with Gasteiger partial charge in [-0.2, -0.15) is 0 Å². The van der Waals surface area contributed by atoms with E-state index in [0.717, 1.165) is 30.6 Å². The summed E-state index contributed by atoms with van der Waals surface area (Å²) in [6.45, 7) is 0.854. The number of hydrogen-bond donors (Lipinski definition) is 3. The molecule has 0 spiro atoms. The van der Waals surface area contributed by atoms with Crippen LogP contribution in [-0.4, -0.2) is 39.7 Å². The van der Waals surface area contributed by atoms with Gasteiger partial charge in [-0.3, -0.25) is 15.6 Å². The molecule has 0 aliphatic carbocycles. The molecule has 11 heteroatoms. The van der Waals surface area contributed by atoms with E-state index >= 15 is 0 Å². The molecule has 3 heterocycles. The largest absolute Gasteiger partial charge is 0.382 e. The number of rotatable bonds is 4. The van der Waals surface area contributed by atoms with Crippen LogP contribution in [0.15, 0.2) is 30.5 Å². The monoisotopic (exact) mass is 428 g/mol. The van der Waals surface area contributed by atoms with Crippen LogP contribution in [0.5, 0.6) is 0 Å². The Kier molecular flexibility index (Phi) is 5.32. The molecule has 154 valence electrons. The summed E-state index contributed by atoms with van der Waals surface area (Å²) < 4.78 is 13.2. The van der Waals surface area contributed by atoms with E-state index in [1.165, 1.54) is 18.3 Å². The summed E-state index contributed by atoms with van der Waals surface area (Å²) in [7, 11) is 1.92. The van der Waals surface area contributed by atoms with Crippen molar-refractivity contribution in [2.75, 3.05) is 29.7 Å². The highest BCUT2D eigenvalue weighted by atomic mass is 35.5. The highest BCUT2D eigenvalue weighted by molar-refractivity contribution is 6.32. The number of hydrazine groups is 1. The van der Waals surface area contributed by atoms with Crippen LogP contribution < -0.4 is 21.5 Å². The van der Waals surface area contributed by atoms with Crippen molar-refractivity contribution in [3.63, 3.8) is 0 Å². The first-order chi connectivity index (χ1) is 14.4. The molecule has 4 rings (SSSR count). The van der Waals surface area contributed by atoms with Gasteiger partial charge in [0.05, 0.1) is 17.6 Å². The van der Waals surface area contributed by atoms with Crippen LogP contribution >= 0.6 is 11.6 Å². The molecule has 0 saturated heterocycles. The van der Waals surface area contributed by atoms with E-state index in [-0.39, 0.29) is 17.3 Å². The van der Waals surface area contributed by atoms with Gasteiger partial charge in [-0.25, -0.2) is 14.4 Å². The molecule has 1 aromatic carbocycles. The number of benzene rings is 1. The number of hydrogen-bond acceptors (Lipinski definition) is 8. The summed E-state index contributed by atoms with van der Waals surface area (Å²) in [6.07, 6.45) is 3.09. The summed E-state index contributed by atoms with van der Waals surface area (Å²) >= 11 is 6.19. The molecule has 3 aromatic rings. The van der Waals surface area contributed by atoms with Crippen molar-refractivity contribution in [1.29, 1.82) is 0 Å². The molecule has 30 heavy (non-hydrogen) atoms. The number of amides is 1. The molecule has 1 amide bonds. The van der Waals surface area contributed by atoms with E-state index in [1.54, 1.807) is 12.1 Å². The smallest absolute Gasteiger partial charge is 0.292 e. The van der Waals surface area contributed by atoms with E-state index < -0.39 is 5.91 Å². The number of carbonyl (C=O) groups excluding carboxylic acids is 1. The minimum atomic E-state index is -0.598. The van der Waals surface area contributed by atoms with E-state index in [9.17, 15) is 9.18 Å². The van der Waals surface area contributed by atoms with E-state index in [4.69, 9.17) is 17.3 Å². The Labute approximate surface area is 176 Å². The van der Waals surface area contributed by atoms with Crippen LogP contribution in [-0.2, 0) is 6.42 Å². The fourth-order valence-corrected chi connectivity index (χ4v) is 3.56. The highest BCUT2D eigenvalue weighted by Crippen LogP contribution is 2.34. The lowest BCUT2D eigenvalue weighted by Gasteiger charge is -2.28. The number of nitrogens with two attached hydrogens (primary N) is 1. The van der Waals surface area contributed by atoms with Gasteiger partial charge in [0.15, 0.2) is 22.5 Å². The zero-order valence-corrected chi connectivity index (χ0v) is 16.7. The van der Waals surface area contributed by atoms with E-state index in [1.807, 2.05) is 11.9 Å². The van der Waals surface area contributed by atoms with Gasteiger partial charge in [-0.05, 0) is 37.1 Å². The minimum absolute atomic E-state index is 0.0379. The molecule has 0 unspecified atom stereocenters. The second-order valence-corrected chi connectivity index (χ2v) is 7.12. The maximum absolute atomic E-state index is 13.2. The minimum Gasteiger partial charge on any atom is -0.382 e. The van der Waals surface area contributed by atoms with Gasteiger partial charge in [0.2, 0.25) is 0 Å². The van der Waals surface area contributed by atoms with Crippen LogP contribution in [0.2, 0.25) is 5.15 Å². The fourth-order valence-electron chi connectivity index (χ4n) is 3.27. The molecule has 1 aliphatic heterocycles. The number of nitrogens with one attached hydrogen (secondary N) is 2. The predicted octanol–water partition coefficient (Wildman–Crippen LogP) is 2.45. The van der Waals surface area contributed by atoms with Crippen molar-refractivity contribution in [2.45, 2.75) is 12.8 Å². The van der Waals surface area contributed by atoms with Crippen LogP contribution in [0, 0.1) is 5.82 Å². The van der Waals surface area contributed by atoms with E-state index in [2.05, 4.69) is 31.0 Å². The van der Waals surface area contributed by atoms with Crippen molar-refractivity contribution >= 4 is 34.8 Å². The lowest BCUT2D eigenvalue weighted by molar-refractivity contribution is 0.0958. The zero-order valence-electron chi connectivity index (χ0n) is 16.0. The zero-order chi connectivity index (χ0) is 21.3. The second-order valence-electron chi connectivity index (χ2n) is 6.77. The third kappa shape index (κ3) is 3.81. The molecule has 0 atom stereocenters. The van der Waals surface area contributed by atoms with Crippen molar-refractivity contribution in [3.05, 3.63) is 52.7 Å². The normalized spacial score (nSPS) is 13.0. The number of carbonyl (C=O) groups is 1. The standard InChI is InChI=1S/C19H18ClFN8O/c1-29-8-2-3-12-15(29)16(20)25-26-18(12)27-28-19(30)14-17(22)23-9-13(24-14)10-4-6-11(21)7-5-10/h4-7,9H,2-3,8H2,1H3,(H2,22,23)(H,26,27)(H,28,30). The molecular formula is C19H18ClFN8O. The van der Waals surface area contributed by atoms with E-state index in [0.29, 0.717) is 22.2 Å². The quantitative estimate of drug-likeness (QED) is 0.541. The number of nitrogen functional groups attached to an aromatic ring is 1. The average molecular weight is 429 g/mol. The van der Waals surface area contributed by atoms with Gasteiger partial charge in [-0.1, -0.05) is 11.6 Å². The third-order valence-corrected chi connectivity index (χ3v) is 5.01. The van der Waals surface area contributed by atoms with Crippen LogP contribution in [0.25, 0.3) is 11.3 Å². The van der Waals surface area contributed by atoms with Crippen LogP contribution in [0.4, 0.5) is 21.7 Å². The second kappa shape index (κ2) is 8.07. The Morgan fingerprint density at radius 3 is 2.80 bits per heavy atom. The van der Waals surface area contributed by atoms with Gasteiger partial charge < -0.3 is 10.6 Å². The summed E-state index contributed by atoms with van der Waals surface area (Å²) in [5, 5.41) is 8.31. The summed E-state index contributed by atoms with van der Waals surface area (Å²) in [6, 6.07) is 5.69. The summed E-state index contributed by atoms with van der Waals surface area (Å²) in [4.78, 5) is 23.0. The fraction of sp³-hybridized carbons (Fsp3) is 0.211. The molecule has 9 nitrogen and oxygen atoms in total. The lowest BCUT2D eigenvalue weighted by Crippen LogP contribution is -2.33. The van der Waals surface area contributed by atoms with Gasteiger partial charge >= 0.3 is 0 Å². The Hall–Kier alpha value is -3.53.